The van der Waals surface area contributed by atoms with E-state index < -0.39 is 0 Å². The fourth-order valence-electron chi connectivity index (χ4n) is 2.97. The molecular weight excluding hydrogens is 304 g/mol. The van der Waals surface area contributed by atoms with Crippen LogP contribution < -0.4 is 0 Å². The van der Waals surface area contributed by atoms with Crippen molar-refractivity contribution in [2.45, 2.75) is 52.9 Å². The molecule has 0 radical (unpaired) electrons. The highest BCUT2D eigenvalue weighted by Gasteiger charge is 2.30. The van der Waals surface area contributed by atoms with Crippen LogP contribution in [0.3, 0.4) is 0 Å². The Morgan fingerprint density at radius 2 is 1.32 bits per heavy atom. The van der Waals surface area contributed by atoms with Gasteiger partial charge in [0, 0.05) is 17.3 Å². The zero-order chi connectivity index (χ0) is 14.3. The summed E-state index contributed by atoms with van der Waals surface area (Å²) in [4.78, 5) is 23.4. The average Bonchev–Trinajstić information content (AvgIpc) is 2.33. The second kappa shape index (κ2) is 5.20. The third-order valence-corrected chi connectivity index (χ3v) is 5.43. The van der Waals surface area contributed by atoms with Gasteiger partial charge in [0.05, 0.1) is 6.42 Å². The number of halogens is 1. The maximum absolute atomic E-state index is 11.7. The summed E-state index contributed by atoms with van der Waals surface area (Å²) in [5, 5.41) is 0. The van der Waals surface area contributed by atoms with E-state index in [0.717, 1.165) is 10.0 Å². The predicted octanol–water partition coefficient (Wildman–Crippen LogP) is 4.09. The summed E-state index contributed by atoms with van der Waals surface area (Å²) in [7, 11) is 0. The molecule has 102 valence electrons. The molecule has 1 aliphatic rings. The first-order valence-electron chi connectivity index (χ1n) is 6.62. The third kappa shape index (κ3) is 2.53. The van der Waals surface area contributed by atoms with Crippen LogP contribution in [-0.4, -0.2) is 11.6 Å². The molecule has 1 aromatic rings. The Bertz CT molecular complexity index is 528. The first-order valence-corrected chi connectivity index (χ1v) is 7.41. The van der Waals surface area contributed by atoms with Gasteiger partial charge in [-0.2, -0.15) is 0 Å². The van der Waals surface area contributed by atoms with E-state index in [1.165, 1.54) is 22.3 Å². The summed E-state index contributed by atoms with van der Waals surface area (Å²) in [5.74, 6) is 0.188. The molecule has 0 aliphatic heterocycles. The van der Waals surface area contributed by atoms with Crippen LogP contribution in [0, 0.1) is 27.7 Å². The molecule has 0 amide bonds. The Morgan fingerprint density at radius 1 is 0.842 bits per heavy atom. The van der Waals surface area contributed by atoms with E-state index in [0.29, 0.717) is 12.8 Å². The van der Waals surface area contributed by atoms with Crippen LogP contribution in [0.5, 0.6) is 0 Å². The molecule has 0 N–H and O–H groups in total. The fraction of sp³-hybridized carbons (Fsp3) is 0.500. The van der Waals surface area contributed by atoms with E-state index >= 15 is 0 Å². The second-order valence-electron chi connectivity index (χ2n) is 5.59. The standard InChI is InChI=1S/C16H19BrO2/c1-8-9(2)11(4)16(17)15(10(8)3)12-5-13(18)7-14(19)6-12/h12H,5-7H2,1-4H3. The number of Topliss-reactive ketones (excluding diaryl/α,β-unsaturated/α-hetero) is 2. The minimum Gasteiger partial charge on any atom is -0.299 e. The molecule has 3 heteroatoms. The Morgan fingerprint density at radius 3 is 1.84 bits per heavy atom. The van der Waals surface area contributed by atoms with Gasteiger partial charge in [-0.05, 0) is 61.4 Å². The maximum atomic E-state index is 11.7. The lowest BCUT2D eigenvalue weighted by Crippen LogP contribution is -2.22. The van der Waals surface area contributed by atoms with Crippen molar-refractivity contribution in [2.75, 3.05) is 0 Å². The molecule has 0 atom stereocenters. The van der Waals surface area contributed by atoms with Gasteiger partial charge in [-0.15, -0.1) is 0 Å². The molecule has 1 saturated carbocycles. The quantitative estimate of drug-likeness (QED) is 0.730. The Hall–Kier alpha value is -0.960. The predicted molar refractivity (Wildman–Crippen MR) is 79.7 cm³/mol. The van der Waals surface area contributed by atoms with Crippen molar-refractivity contribution < 1.29 is 9.59 Å². The molecule has 0 unspecified atom stereocenters. The minimum absolute atomic E-state index is 0.0427. The monoisotopic (exact) mass is 322 g/mol. The fourth-order valence-corrected chi connectivity index (χ4v) is 3.89. The summed E-state index contributed by atoms with van der Waals surface area (Å²) in [5.41, 5.74) is 6.12. The number of carbonyl (C=O) groups is 2. The Kier molecular flexibility index (Phi) is 3.95. The van der Waals surface area contributed by atoms with E-state index in [-0.39, 0.29) is 23.9 Å². The highest BCUT2D eigenvalue weighted by Crippen LogP contribution is 2.40. The molecule has 19 heavy (non-hydrogen) atoms. The number of benzene rings is 1. The largest absolute Gasteiger partial charge is 0.299 e. The van der Waals surface area contributed by atoms with Crippen LogP contribution in [0.15, 0.2) is 4.47 Å². The Labute approximate surface area is 122 Å². The molecule has 0 aromatic heterocycles. The average molecular weight is 323 g/mol. The highest BCUT2D eigenvalue weighted by molar-refractivity contribution is 9.10. The number of ketones is 2. The van der Waals surface area contributed by atoms with Crippen LogP contribution in [0.2, 0.25) is 0 Å². The summed E-state index contributed by atoms with van der Waals surface area (Å²) in [6.45, 7) is 8.40. The maximum Gasteiger partial charge on any atom is 0.140 e. The van der Waals surface area contributed by atoms with E-state index in [4.69, 9.17) is 0 Å². The molecular formula is C16H19BrO2. The lowest BCUT2D eigenvalue weighted by atomic mass is 9.79. The Balaban J connectivity index is 2.56. The molecule has 0 saturated heterocycles. The van der Waals surface area contributed by atoms with Gasteiger partial charge in [0.15, 0.2) is 0 Å². The van der Waals surface area contributed by atoms with E-state index in [1.54, 1.807) is 0 Å². The molecule has 1 aromatic carbocycles. The zero-order valence-electron chi connectivity index (χ0n) is 11.9. The molecule has 0 bridgehead atoms. The molecule has 1 fully saturated rings. The van der Waals surface area contributed by atoms with Crippen LogP contribution in [0.4, 0.5) is 0 Å². The summed E-state index contributed by atoms with van der Waals surface area (Å²) in [6, 6.07) is 0. The van der Waals surface area contributed by atoms with E-state index in [9.17, 15) is 9.59 Å². The van der Waals surface area contributed by atoms with Crippen LogP contribution in [-0.2, 0) is 9.59 Å². The highest BCUT2D eigenvalue weighted by atomic mass is 79.9. The van der Waals surface area contributed by atoms with Crippen LogP contribution >= 0.6 is 15.9 Å². The lowest BCUT2D eigenvalue weighted by Gasteiger charge is -2.26. The molecule has 2 nitrogen and oxygen atoms in total. The van der Waals surface area contributed by atoms with Crippen molar-refractivity contribution in [1.29, 1.82) is 0 Å². The van der Waals surface area contributed by atoms with Gasteiger partial charge in [-0.25, -0.2) is 0 Å². The summed E-state index contributed by atoms with van der Waals surface area (Å²) >= 11 is 3.67. The number of carbonyl (C=O) groups excluding carboxylic acids is 2. The van der Waals surface area contributed by atoms with Gasteiger partial charge >= 0.3 is 0 Å². The van der Waals surface area contributed by atoms with Crippen molar-refractivity contribution in [3.63, 3.8) is 0 Å². The minimum atomic E-state index is 0.0427. The van der Waals surface area contributed by atoms with Gasteiger partial charge < -0.3 is 0 Å². The first kappa shape index (κ1) is 14.4. The second-order valence-corrected chi connectivity index (χ2v) is 6.38. The normalized spacial score (nSPS) is 17.1. The van der Waals surface area contributed by atoms with Crippen molar-refractivity contribution in [3.05, 3.63) is 32.3 Å². The van der Waals surface area contributed by atoms with E-state index in [2.05, 4.69) is 43.6 Å². The zero-order valence-corrected chi connectivity index (χ0v) is 13.5. The molecule has 1 aliphatic carbocycles. The topological polar surface area (TPSA) is 34.1 Å². The first-order chi connectivity index (χ1) is 8.82. The lowest BCUT2D eigenvalue weighted by molar-refractivity contribution is -0.130. The van der Waals surface area contributed by atoms with Crippen molar-refractivity contribution in [3.8, 4) is 0 Å². The van der Waals surface area contributed by atoms with Gasteiger partial charge in [0.1, 0.15) is 11.6 Å². The van der Waals surface area contributed by atoms with Gasteiger partial charge in [0.2, 0.25) is 0 Å². The van der Waals surface area contributed by atoms with Crippen LogP contribution in [0.1, 0.15) is 53.0 Å². The molecule has 0 heterocycles. The van der Waals surface area contributed by atoms with Crippen molar-refractivity contribution in [1.82, 2.24) is 0 Å². The summed E-state index contributed by atoms with van der Waals surface area (Å²) in [6.07, 6.45) is 1.11. The van der Waals surface area contributed by atoms with E-state index in [1.807, 2.05) is 0 Å². The SMILES string of the molecule is Cc1c(C)c(C)c(C2CC(=O)CC(=O)C2)c(Br)c1C. The number of hydrogen-bond acceptors (Lipinski definition) is 2. The summed E-state index contributed by atoms with van der Waals surface area (Å²) < 4.78 is 1.07. The van der Waals surface area contributed by atoms with Crippen molar-refractivity contribution in [2.24, 2.45) is 0 Å². The van der Waals surface area contributed by atoms with Crippen LogP contribution in [0.25, 0.3) is 0 Å². The third-order valence-electron chi connectivity index (χ3n) is 4.41. The van der Waals surface area contributed by atoms with Gasteiger partial charge in [-0.1, -0.05) is 15.9 Å². The number of rotatable bonds is 1. The van der Waals surface area contributed by atoms with Gasteiger partial charge in [0.25, 0.3) is 0 Å². The van der Waals surface area contributed by atoms with Gasteiger partial charge in [-0.3, -0.25) is 9.59 Å². The molecule has 0 spiro atoms. The smallest absolute Gasteiger partial charge is 0.140 e. The van der Waals surface area contributed by atoms with Crippen molar-refractivity contribution >= 4 is 27.5 Å². The molecule has 2 rings (SSSR count). The number of hydrogen-bond donors (Lipinski definition) is 0.